The van der Waals surface area contributed by atoms with Gasteiger partial charge in [0, 0.05) is 21.9 Å². The molecule has 0 radical (unpaired) electrons. The van der Waals surface area contributed by atoms with Gasteiger partial charge in [0.15, 0.2) is 0 Å². The summed E-state index contributed by atoms with van der Waals surface area (Å²) in [7, 11) is 0.119. The highest BCUT2D eigenvalue weighted by Crippen LogP contribution is 2.33. The number of benzene rings is 3. The minimum atomic E-state index is -1.51. The van der Waals surface area contributed by atoms with Crippen molar-refractivity contribution in [1.82, 2.24) is 4.98 Å². The van der Waals surface area contributed by atoms with E-state index in [0.717, 1.165) is 38.7 Å². The normalized spacial score (nSPS) is 11.1. The molecule has 0 amide bonds. The van der Waals surface area contributed by atoms with Gasteiger partial charge in [-0.25, -0.2) is 0 Å². The maximum atomic E-state index is 9.67. The molecule has 0 aliphatic carbocycles. The predicted octanol–water partition coefficient (Wildman–Crippen LogP) is 2.68. The first-order valence-corrected chi connectivity index (χ1v) is 7.72. The molecule has 0 spiro atoms. The second-order valence-corrected chi connectivity index (χ2v) is 5.76. The van der Waals surface area contributed by atoms with E-state index in [9.17, 15) is 10.0 Å². The molecule has 24 heavy (non-hydrogen) atoms. The fourth-order valence-corrected chi connectivity index (χ4v) is 3.12. The lowest BCUT2D eigenvalue weighted by molar-refractivity contribution is 0.415. The average molecular weight is 317 g/mol. The van der Waals surface area contributed by atoms with E-state index in [-0.39, 0.29) is 0 Å². The number of ether oxygens (including phenoxy) is 1. The Balaban J connectivity index is 2.04. The summed E-state index contributed by atoms with van der Waals surface area (Å²) in [6.07, 6.45) is 0. The minimum Gasteiger partial charge on any atom is -0.497 e. The molecule has 0 unspecified atom stereocenters. The van der Waals surface area contributed by atoms with Crippen LogP contribution >= 0.6 is 0 Å². The molecule has 0 aliphatic rings. The number of methoxy groups -OCH3 is 1. The predicted molar refractivity (Wildman–Crippen MR) is 97.6 cm³/mol. The Morgan fingerprint density at radius 3 is 2.38 bits per heavy atom. The van der Waals surface area contributed by atoms with Crippen LogP contribution in [0.5, 0.6) is 5.75 Å². The van der Waals surface area contributed by atoms with E-state index in [4.69, 9.17) is 4.74 Å². The van der Waals surface area contributed by atoms with Crippen LogP contribution in [0.15, 0.2) is 60.7 Å². The Kier molecular flexibility index (Phi) is 3.52. The van der Waals surface area contributed by atoms with Gasteiger partial charge in [-0.3, -0.25) is 0 Å². The number of hydrogen-bond acceptors (Lipinski definition) is 3. The van der Waals surface area contributed by atoms with E-state index in [1.54, 1.807) is 7.11 Å². The molecule has 1 aromatic heterocycles. The van der Waals surface area contributed by atoms with Crippen LogP contribution in [0.2, 0.25) is 0 Å². The number of aromatic nitrogens is 1. The summed E-state index contributed by atoms with van der Waals surface area (Å²) in [6.45, 7) is 0. The van der Waals surface area contributed by atoms with E-state index < -0.39 is 7.12 Å². The molecule has 0 saturated carbocycles. The third-order valence-corrected chi connectivity index (χ3v) is 4.34. The van der Waals surface area contributed by atoms with Crippen molar-refractivity contribution in [3.63, 3.8) is 0 Å². The summed E-state index contributed by atoms with van der Waals surface area (Å²) in [4.78, 5) is 3.45. The SMILES string of the molecule is COc1ccc(-c2cc(B(O)O)cc3c2[nH]c2ccccc23)cc1. The number of aromatic amines is 1. The van der Waals surface area contributed by atoms with Gasteiger partial charge in [0.05, 0.1) is 12.6 Å². The Morgan fingerprint density at radius 2 is 1.67 bits per heavy atom. The van der Waals surface area contributed by atoms with Gasteiger partial charge in [-0.2, -0.15) is 0 Å². The van der Waals surface area contributed by atoms with E-state index in [1.807, 2.05) is 60.7 Å². The first-order chi connectivity index (χ1) is 11.7. The number of rotatable bonds is 3. The Morgan fingerprint density at radius 1 is 0.917 bits per heavy atom. The fourth-order valence-electron chi connectivity index (χ4n) is 3.12. The molecule has 5 heteroatoms. The number of para-hydroxylation sites is 1. The summed E-state index contributed by atoms with van der Waals surface area (Å²) < 4.78 is 5.21. The second kappa shape index (κ2) is 5.71. The highest BCUT2D eigenvalue weighted by atomic mass is 16.5. The Hall–Kier alpha value is -2.76. The van der Waals surface area contributed by atoms with Crippen molar-refractivity contribution >= 4 is 34.4 Å². The minimum absolute atomic E-state index is 0.470. The van der Waals surface area contributed by atoms with Crippen LogP contribution in [0.25, 0.3) is 32.9 Å². The number of hydrogen-bond donors (Lipinski definition) is 3. The van der Waals surface area contributed by atoms with Gasteiger partial charge >= 0.3 is 7.12 Å². The molecular weight excluding hydrogens is 301 g/mol. The van der Waals surface area contributed by atoms with E-state index >= 15 is 0 Å². The lowest BCUT2D eigenvalue weighted by Gasteiger charge is -2.09. The Bertz CT molecular complexity index is 1020. The molecule has 0 aliphatic heterocycles. The smallest absolute Gasteiger partial charge is 0.488 e. The lowest BCUT2D eigenvalue weighted by atomic mass is 9.78. The molecule has 0 fully saturated rings. The van der Waals surface area contributed by atoms with Gasteiger partial charge in [0.1, 0.15) is 5.75 Å². The zero-order chi connectivity index (χ0) is 16.7. The molecule has 4 rings (SSSR count). The van der Waals surface area contributed by atoms with Crippen molar-refractivity contribution in [3.8, 4) is 16.9 Å². The van der Waals surface area contributed by atoms with Crippen molar-refractivity contribution in [1.29, 1.82) is 0 Å². The second-order valence-electron chi connectivity index (χ2n) is 5.76. The van der Waals surface area contributed by atoms with Crippen LogP contribution in [-0.2, 0) is 0 Å². The van der Waals surface area contributed by atoms with E-state index in [2.05, 4.69) is 4.98 Å². The summed E-state index contributed by atoms with van der Waals surface area (Å²) in [5, 5.41) is 21.4. The molecular formula is C19H16BNO3. The maximum absolute atomic E-state index is 9.67. The average Bonchev–Trinajstić information content (AvgIpc) is 2.99. The molecule has 3 N–H and O–H groups in total. The monoisotopic (exact) mass is 317 g/mol. The van der Waals surface area contributed by atoms with Crippen LogP contribution in [0.3, 0.4) is 0 Å². The van der Waals surface area contributed by atoms with Crippen LogP contribution in [-0.4, -0.2) is 29.3 Å². The fraction of sp³-hybridized carbons (Fsp3) is 0.0526. The molecule has 0 saturated heterocycles. The van der Waals surface area contributed by atoms with Crippen LogP contribution in [0.4, 0.5) is 0 Å². The van der Waals surface area contributed by atoms with Gasteiger partial charge < -0.3 is 19.8 Å². The highest BCUT2D eigenvalue weighted by molar-refractivity contribution is 6.59. The first-order valence-electron chi connectivity index (χ1n) is 7.72. The van der Waals surface area contributed by atoms with Crippen molar-refractivity contribution in [3.05, 3.63) is 60.7 Å². The van der Waals surface area contributed by atoms with E-state index in [0.29, 0.717) is 5.46 Å². The molecule has 118 valence electrons. The van der Waals surface area contributed by atoms with Gasteiger partial charge in [-0.05, 0) is 29.2 Å². The van der Waals surface area contributed by atoms with Crippen molar-refractivity contribution in [2.75, 3.05) is 7.11 Å². The van der Waals surface area contributed by atoms with Crippen molar-refractivity contribution in [2.24, 2.45) is 0 Å². The molecule has 1 heterocycles. The van der Waals surface area contributed by atoms with Crippen molar-refractivity contribution < 1.29 is 14.8 Å². The highest BCUT2D eigenvalue weighted by Gasteiger charge is 2.17. The lowest BCUT2D eigenvalue weighted by Crippen LogP contribution is -2.29. The molecule has 4 nitrogen and oxygen atoms in total. The summed E-state index contributed by atoms with van der Waals surface area (Å²) >= 11 is 0. The van der Waals surface area contributed by atoms with Gasteiger partial charge in [0.2, 0.25) is 0 Å². The van der Waals surface area contributed by atoms with Crippen LogP contribution < -0.4 is 10.2 Å². The van der Waals surface area contributed by atoms with Gasteiger partial charge in [-0.1, -0.05) is 42.5 Å². The van der Waals surface area contributed by atoms with E-state index in [1.165, 1.54) is 0 Å². The van der Waals surface area contributed by atoms with Crippen molar-refractivity contribution in [2.45, 2.75) is 0 Å². The Labute approximate surface area is 139 Å². The number of fused-ring (bicyclic) bond motifs is 3. The molecule has 0 atom stereocenters. The summed E-state index contributed by atoms with van der Waals surface area (Å²) in [5.74, 6) is 0.782. The topological polar surface area (TPSA) is 65.5 Å². The number of nitrogens with one attached hydrogen (secondary N) is 1. The molecule has 0 bridgehead atoms. The zero-order valence-electron chi connectivity index (χ0n) is 13.2. The largest absolute Gasteiger partial charge is 0.497 e. The summed E-state index contributed by atoms with van der Waals surface area (Å²) in [5.41, 5.74) is 4.37. The zero-order valence-corrected chi connectivity index (χ0v) is 13.2. The quantitative estimate of drug-likeness (QED) is 0.509. The third-order valence-electron chi connectivity index (χ3n) is 4.34. The molecule has 3 aromatic carbocycles. The van der Waals surface area contributed by atoms with Crippen LogP contribution in [0.1, 0.15) is 0 Å². The third kappa shape index (κ3) is 2.35. The summed E-state index contributed by atoms with van der Waals surface area (Å²) in [6, 6.07) is 19.4. The standard InChI is InChI=1S/C19H16BNO3/c1-24-14-8-6-12(7-9-14)16-10-13(20(22)23)11-17-15-4-2-3-5-18(15)21-19(16)17/h2-11,21-23H,1H3. The first kappa shape index (κ1) is 14.8. The van der Waals surface area contributed by atoms with Gasteiger partial charge in [-0.15, -0.1) is 0 Å². The molecule has 4 aromatic rings. The number of H-pyrrole nitrogens is 1. The van der Waals surface area contributed by atoms with Crippen LogP contribution in [0, 0.1) is 0 Å². The van der Waals surface area contributed by atoms with Gasteiger partial charge in [0.25, 0.3) is 0 Å². The maximum Gasteiger partial charge on any atom is 0.488 e.